The summed E-state index contributed by atoms with van der Waals surface area (Å²) in [6, 6.07) is 9.46. The molecular weight excluding hydrogens is 208 g/mol. The Labute approximate surface area is 105 Å². The van der Waals surface area contributed by atoms with Crippen LogP contribution in [-0.4, -0.2) is 19.1 Å². The zero-order valence-corrected chi connectivity index (χ0v) is 11.0. The number of hydrogen-bond acceptors (Lipinski definition) is 2. The number of fused-ring (bicyclic) bond motifs is 1. The van der Waals surface area contributed by atoms with Gasteiger partial charge < -0.3 is 10.6 Å². The maximum Gasteiger partial charge on any atom is 0.0402 e. The molecule has 2 atom stereocenters. The van der Waals surface area contributed by atoms with Gasteiger partial charge in [0.25, 0.3) is 0 Å². The first kappa shape index (κ1) is 12.4. The lowest BCUT2D eigenvalue weighted by atomic mass is 10.0. The number of benzene rings is 1. The van der Waals surface area contributed by atoms with Gasteiger partial charge in [-0.2, -0.15) is 0 Å². The van der Waals surface area contributed by atoms with E-state index in [9.17, 15) is 0 Å². The van der Waals surface area contributed by atoms with E-state index in [1.165, 1.54) is 24.1 Å². The molecule has 0 saturated heterocycles. The van der Waals surface area contributed by atoms with Crippen molar-refractivity contribution in [3.8, 4) is 0 Å². The maximum absolute atomic E-state index is 5.58. The summed E-state index contributed by atoms with van der Waals surface area (Å²) in [6.45, 7) is 6.65. The van der Waals surface area contributed by atoms with E-state index in [0.717, 1.165) is 25.4 Å². The first-order chi connectivity index (χ1) is 8.22. The molecule has 1 aromatic carbocycles. The molecular formula is C15H24N2. The van der Waals surface area contributed by atoms with Gasteiger partial charge in [0.15, 0.2) is 0 Å². The average Bonchev–Trinajstić information content (AvgIpc) is 2.64. The highest BCUT2D eigenvalue weighted by molar-refractivity contribution is 5.59. The molecule has 0 aliphatic carbocycles. The van der Waals surface area contributed by atoms with Crippen LogP contribution in [0.5, 0.6) is 0 Å². The Hall–Kier alpha value is -1.02. The highest BCUT2D eigenvalue weighted by atomic mass is 15.2. The molecule has 17 heavy (non-hydrogen) atoms. The smallest absolute Gasteiger partial charge is 0.0402 e. The Bertz CT molecular complexity index is 362. The Morgan fingerprint density at radius 3 is 2.94 bits per heavy atom. The fourth-order valence-corrected chi connectivity index (χ4v) is 2.80. The molecule has 2 rings (SSSR count). The minimum absolute atomic E-state index is 0.646. The summed E-state index contributed by atoms with van der Waals surface area (Å²) >= 11 is 0. The monoisotopic (exact) mass is 232 g/mol. The number of hydrogen-bond donors (Lipinski definition) is 1. The summed E-state index contributed by atoms with van der Waals surface area (Å²) in [5, 5.41) is 0. The van der Waals surface area contributed by atoms with Crippen molar-refractivity contribution in [3.05, 3.63) is 29.8 Å². The van der Waals surface area contributed by atoms with Gasteiger partial charge in [0.2, 0.25) is 0 Å². The molecule has 1 heterocycles. The van der Waals surface area contributed by atoms with Crippen molar-refractivity contribution in [2.75, 3.05) is 18.0 Å². The zero-order valence-electron chi connectivity index (χ0n) is 11.0. The largest absolute Gasteiger partial charge is 0.368 e. The number of anilines is 1. The van der Waals surface area contributed by atoms with Crippen molar-refractivity contribution in [1.82, 2.24) is 0 Å². The second-order valence-electron chi connectivity index (χ2n) is 5.37. The fourth-order valence-electron chi connectivity index (χ4n) is 2.80. The van der Waals surface area contributed by atoms with Gasteiger partial charge in [-0.05, 0) is 50.3 Å². The molecule has 0 saturated carbocycles. The van der Waals surface area contributed by atoms with Crippen molar-refractivity contribution < 1.29 is 0 Å². The van der Waals surface area contributed by atoms with Gasteiger partial charge in [0, 0.05) is 18.3 Å². The lowest BCUT2D eigenvalue weighted by Crippen LogP contribution is -2.33. The first-order valence-corrected chi connectivity index (χ1v) is 6.77. The summed E-state index contributed by atoms with van der Waals surface area (Å²) in [4.78, 5) is 2.57. The van der Waals surface area contributed by atoms with Crippen molar-refractivity contribution in [2.45, 2.75) is 39.2 Å². The van der Waals surface area contributed by atoms with Crippen molar-refractivity contribution >= 4 is 5.69 Å². The SMILES string of the molecule is CC(CCCN)CN1c2ccccc2CC1C. The normalized spacial score (nSPS) is 20.4. The molecule has 1 aliphatic rings. The predicted molar refractivity (Wildman–Crippen MR) is 74.4 cm³/mol. The van der Waals surface area contributed by atoms with Crippen LogP contribution in [0.2, 0.25) is 0 Å². The van der Waals surface area contributed by atoms with Crippen molar-refractivity contribution in [3.63, 3.8) is 0 Å². The zero-order chi connectivity index (χ0) is 12.3. The van der Waals surface area contributed by atoms with Crippen LogP contribution in [0, 0.1) is 5.92 Å². The predicted octanol–water partition coefficient (Wildman–Crippen LogP) is 2.81. The van der Waals surface area contributed by atoms with E-state index in [4.69, 9.17) is 5.73 Å². The standard InChI is InChI=1S/C15H24N2/c1-12(6-5-9-16)11-17-13(2)10-14-7-3-4-8-15(14)17/h3-4,7-8,12-13H,5-6,9-11,16H2,1-2H3. The van der Waals surface area contributed by atoms with Gasteiger partial charge in [0.1, 0.15) is 0 Å². The Morgan fingerprint density at radius 1 is 1.41 bits per heavy atom. The van der Waals surface area contributed by atoms with E-state index in [2.05, 4.69) is 43.0 Å². The van der Waals surface area contributed by atoms with Gasteiger partial charge in [-0.15, -0.1) is 0 Å². The summed E-state index contributed by atoms with van der Waals surface area (Å²) in [7, 11) is 0. The van der Waals surface area contributed by atoms with Crippen LogP contribution in [0.25, 0.3) is 0 Å². The van der Waals surface area contributed by atoms with Gasteiger partial charge in [0.05, 0.1) is 0 Å². The third-order valence-corrected chi connectivity index (χ3v) is 3.76. The molecule has 0 spiro atoms. The molecule has 0 fully saturated rings. The summed E-state index contributed by atoms with van der Waals surface area (Å²) < 4.78 is 0. The lowest BCUT2D eigenvalue weighted by Gasteiger charge is -2.28. The third-order valence-electron chi connectivity index (χ3n) is 3.76. The van der Waals surface area contributed by atoms with Crippen molar-refractivity contribution in [1.29, 1.82) is 0 Å². The lowest BCUT2D eigenvalue weighted by molar-refractivity contribution is 0.487. The molecule has 0 amide bonds. The van der Waals surface area contributed by atoms with Crippen molar-refractivity contribution in [2.24, 2.45) is 11.7 Å². The quantitative estimate of drug-likeness (QED) is 0.846. The van der Waals surface area contributed by atoms with Crippen LogP contribution >= 0.6 is 0 Å². The van der Waals surface area contributed by atoms with E-state index in [-0.39, 0.29) is 0 Å². The summed E-state index contributed by atoms with van der Waals surface area (Å²) in [5.41, 5.74) is 8.52. The fraction of sp³-hybridized carbons (Fsp3) is 0.600. The second-order valence-corrected chi connectivity index (χ2v) is 5.37. The summed E-state index contributed by atoms with van der Waals surface area (Å²) in [6.07, 6.45) is 3.58. The van der Waals surface area contributed by atoms with Crippen LogP contribution in [0.3, 0.4) is 0 Å². The van der Waals surface area contributed by atoms with E-state index in [1.54, 1.807) is 0 Å². The minimum atomic E-state index is 0.646. The molecule has 0 bridgehead atoms. The average molecular weight is 232 g/mol. The van der Waals surface area contributed by atoms with E-state index < -0.39 is 0 Å². The number of para-hydroxylation sites is 1. The number of nitrogens with two attached hydrogens (primary N) is 1. The molecule has 0 radical (unpaired) electrons. The first-order valence-electron chi connectivity index (χ1n) is 6.77. The van der Waals surface area contributed by atoms with Gasteiger partial charge >= 0.3 is 0 Å². The molecule has 2 nitrogen and oxygen atoms in total. The van der Waals surface area contributed by atoms with Crippen LogP contribution in [0.4, 0.5) is 5.69 Å². The molecule has 94 valence electrons. The molecule has 2 N–H and O–H groups in total. The Balaban J connectivity index is 2.01. The third kappa shape index (κ3) is 2.81. The Morgan fingerprint density at radius 2 is 2.18 bits per heavy atom. The Kier molecular flexibility index (Phi) is 4.06. The minimum Gasteiger partial charge on any atom is -0.368 e. The highest BCUT2D eigenvalue weighted by Crippen LogP contribution is 2.32. The molecule has 0 aromatic heterocycles. The van der Waals surface area contributed by atoms with Crippen LogP contribution in [-0.2, 0) is 6.42 Å². The maximum atomic E-state index is 5.58. The van der Waals surface area contributed by atoms with Crippen LogP contribution in [0.1, 0.15) is 32.3 Å². The van der Waals surface area contributed by atoms with E-state index in [1.807, 2.05) is 0 Å². The van der Waals surface area contributed by atoms with E-state index >= 15 is 0 Å². The van der Waals surface area contributed by atoms with E-state index in [0.29, 0.717) is 6.04 Å². The van der Waals surface area contributed by atoms with Gasteiger partial charge in [-0.25, -0.2) is 0 Å². The molecule has 1 aromatic rings. The topological polar surface area (TPSA) is 29.3 Å². The summed E-state index contributed by atoms with van der Waals surface area (Å²) in [5.74, 6) is 0.729. The molecule has 2 heteroatoms. The van der Waals surface area contributed by atoms with Crippen LogP contribution in [0.15, 0.2) is 24.3 Å². The van der Waals surface area contributed by atoms with Gasteiger partial charge in [-0.3, -0.25) is 0 Å². The highest BCUT2D eigenvalue weighted by Gasteiger charge is 2.26. The second kappa shape index (κ2) is 5.54. The van der Waals surface area contributed by atoms with Crippen LogP contribution < -0.4 is 10.6 Å². The molecule has 1 aliphatic heterocycles. The van der Waals surface area contributed by atoms with Gasteiger partial charge in [-0.1, -0.05) is 25.1 Å². The number of rotatable bonds is 5. The number of nitrogens with zero attached hydrogens (tertiary/aromatic N) is 1. The molecule has 2 unspecified atom stereocenters.